The van der Waals surface area contributed by atoms with Crippen LogP contribution in [0.25, 0.3) is 0 Å². The number of carbonyl (C=O) groups is 1. The Labute approximate surface area is 69.7 Å². The van der Waals surface area contributed by atoms with Gasteiger partial charge in [-0.05, 0) is 6.92 Å². The predicted molar refractivity (Wildman–Crippen MR) is 44.9 cm³/mol. The molecule has 0 aromatic carbocycles. The van der Waals surface area contributed by atoms with Gasteiger partial charge in [-0.2, -0.15) is 0 Å². The summed E-state index contributed by atoms with van der Waals surface area (Å²) in [5.74, 6) is 2.40. The highest BCUT2D eigenvalue weighted by Crippen LogP contribution is 2.00. The maximum Gasteiger partial charge on any atom is 0.236 e. The quantitative estimate of drug-likeness (QED) is 0.482. The van der Waals surface area contributed by atoms with E-state index in [0.29, 0.717) is 6.54 Å². The van der Waals surface area contributed by atoms with Crippen molar-refractivity contribution in [1.82, 2.24) is 4.90 Å². The van der Waals surface area contributed by atoms with E-state index in [-0.39, 0.29) is 10.7 Å². The van der Waals surface area contributed by atoms with Gasteiger partial charge in [-0.1, -0.05) is 21.9 Å². The van der Waals surface area contributed by atoms with Crippen LogP contribution >= 0.6 is 15.9 Å². The third-order valence-electron chi connectivity index (χ3n) is 1.04. The van der Waals surface area contributed by atoms with Gasteiger partial charge in [0.1, 0.15) is 0 Å². The Morgan fingerprint density at radius 1 is 1.90 bits per heavy atom. The Morgan fingerprint density at radius 2 is 2.40 bits per heavy atom. The molecule has 10 heavy (non-hydrogen) atoms. The van der Waals surface area contributed by atoms with Gasteiger partial charge in [-0.25, -0.2) is 0 Å². The molecule has 1 atom stereocenters. The Bertz CT molecular complexity index is 159. The lowest BCUT2D eigenvalue weighted by Gasteiger charge is -2.14. The zero-order chi connectivity index (χ0) is 8.15. The molecule has 0 radical (unpaired) electrons. The average Bonchev–Trinajstić information content (AvgIpc) is 1.87. The minimum atomic E-state index is -0.147. The van der Waals surface area contributed by atoms with Crippen molar-refractivity contribution in [2.45, 2.75) is 11.8 Å². The average molecular weight is 204 g/mol. The van der Waals surface area contributed by atoms with Crippen LogP contribution in [0.3, 0.4) is 0 Å². The van der Waals surface area contributed by atoms with Gasteiger partial charge >= 0.3 is 0 Å². The number of halogens is 1. The van der Waals surface area contributed by atoms with Crippen molar-refractivity contribution < 1.29 is 4.79 Å². The molecule has 0 aliphatic carbocycles. The van der Waals surface area contributed by atoms with E-state index in [1.54, 1.807) is 14.0 Å². The molecule has 0 aliphatic rings. The summed E-state index contributed by atoms with van der Waals surface area (Å²) in [6, 6.07) is 0. The maximum absolute atomic E-state index is 11.0. The Hall–Kier alpha value is -0.490. The molecular weight excluding hydrogens is 194 g/mol. The third-order valence-corrected chi connectivity index (χ3v) is 1.44. The Kier molecular flexibility index (Phi) is 4.13. The fourth-order valence-electron chi connectivity index (χ4n) is 0.519. The molecule has 0 spiro atoms. The van der Waals surface area contributed by atoms with Gasteiger partial charge in [-0.15, -0.1) is 6.42 Å². The van der Waals surface area contributed by atoms with Crippen molar-refractivity contribution in [2.24, 2.45) is 0 Å². The monoisotopic (exact) mass is 203 g/mol. The van der Waals surface area contributed by atoms with Gasteiger partial charge in [-0.3, -0.25) is 4.79 Å². The first kappa shape index (κ1) is 9.51. The topological polar surface area (TPSA) is 20.3 Å². The number of alkyl halides is 1. The van der Waals surface area contributed by atoms with Crippen LogP contribution in [0.4, 0.5) is 0 Å². The molecule has 1 amide bonds. The summed E-state index contributed by atoms with van der Waals surface area (Å²) in [7, 11) is 1.68. The number of carbonyl (C=O) groups excluding carboxylic acids is 1. The minimum absolute atomic E-state index is 0.0120. The molecule has 0 aromatic heterocycles. The summed E-state index contributed by atoms with van der Waals surface area (Å²) in [6.07, 6.45) is 5.01. The van der Waals surface area contributed by atoms with Crippen LogP contribution in [-0.4, -0.2) is 29.2 Å². The van der Waals surface area contributed by atoms with Gasteiger partial charge < -0.3 is 4.90 Å². The highest BCUT2D eigenvalue weighted by molar-refractivity contribution is 9.10. The summed E-state index contributed by atoms with van der Waals surface area (Å²) >= 11 is 3.15. The molecule has 0 fully saturated rings. The van der Waals surface area contributed by atoms with E-state index in [1.165, 1.54) is 4.90 Å². The van der Waals surface area contributed by atoms with Crippen LogP contribution in [0.15, 0.2) is 0 Å². The fourth-order valence-corrected chi connectivity index (χ4v) is 0.868. The van der Waals surface area contributed by atoms with Crippen LogP contribution in [0.2, 0.25) is 0 Å². The zero-order valence-electron chi connectivity index (χ0n) is 6.10. The first-order valence-electron chi connectivity index (χ1n) is 2.92. The van der Waals surface area contributed by atoms with E-state index < -0.39 is 0 Å². The van der Waals surface area contributed by atoms with Crippen molar-refractivity contribution in [3.8, 4) is 12.3 Å². The van der Waals surface area contributed by atoms with E-state index in [1.807, 2.05) is 0 Å². The van der Waals surface area contributed by atoms with Gasteiger partial charge in [0.15, 0.2) is 0 Å². The first-order chi connectivity index (χ1) is 4.59. The van der Waals surface area contributed by atoms with Crippen molar-refractivity contribution in [3.63, 3.8) is 0 Å². The molecular formula is C7H10BrNO. The number of hydrogen-bond acceptors (Lipinski definition) is 1. The van der Waals surface area contributed by atoms with Crippen LogP contribution < -0.4 is 0 Å². The Morgan fingerprint density at radius 3 is 2.70 bits per heavy atom. The zero-order valence-corrected chi connectivity index (χ0v) is 7.68. The SMILES string of the molecule is C#CCN(C)C(=O)C(C)Br. The summed E-state index contributed by atoms with van der Waals surface area (Å²) in [5.41, 5.74) is 0. The van der Waals surface area contributed by atoms with Crippen molar-refractivity contribution in [2.75, 3.05) is 13.6 Å². The maximum atomic E-state index is 11.0. The Balaban J connectivity index is 3.85. The normalized spacial score (nSPS) is 11.8. The smallest absolute Gasteiger partial charge is 0.236 e. The van der Waals surface area contributed by atoms with Gasteiger partial charge in [0.25, 0.3) is 0 Å². The number of nitrogens with zero attached hydrogens (tertiary/aromatic N) is 1. The highest BCUT2D eigenvalue weighted by Gasteiger charge is 2.12. The van der Waals surface area contributed by atoms with E-state index in [0.717, 1.165) is 0 Å². The molecule has 0 saturated carbocycles. The minimum Gasteiger partial charge on any atom is -0.334 e. The van der Waals surface area contributed by atoms with Gasteiger partial charge in [0.05, 0.1) is 11.4 Å². The van der Waals surface area contributed by atoms with Crippen molar-refractivity contribution >= 4 is 21.8 Å². The largest absolute Gasteiger partial charge is 0.334 e. The van der Waals surface area contributed by atoms with E-state index >= 15 is 0 Å². The second-order valence-corrected chi connectivity index (χ2v) is 3.39. The van der Waals surface area contributed by atoms with Crippen LogP contribution in [0, 0.1) is 12.3 Å². The lowest BCUT2D eigenvalue weighted by Crippen LogP contribution is -2.32. The molecule has 0 N–H and O–H groups in total. The third kappa shape index (κ3) is 2.88. The van der Waals surface area contributed by atoms with E-state index in [2.05, 4.69) is 21.9 Å². The molecule has 0 rings (SSSR count). The van der Waals surface area contributed by atoms with Crippen molar-refractivity contribution in [3.05, 3.63) is 0 Å². The van der Waals surface area contributed by atoms with Crippen LogP contribution in [0.5, 0.6) is 0 Å². The molecule has 0 saturated heterocycles. The standard InChI is InChI=1S/C7H10BrNO/c1-4-5-9(3)7(10)6(2)8/h1,6H,5H2,2-3H3. The van der Waals surface area contributed by atoms with E-state index in [9.17, 15) is 4.79 Å². The number of terminal acetylenes is 1. The number of hydrogen-bond donors (Lipinski definition) is 0. The molecule has 0 bridgehead atoms. The fraction of sp³-hybridized carbons (Fsp3) is 0.571. The number of amides is 1. The van der Waals surface area contributed by atoms with Crippen molar-refractivity contribution in [1.29, 1.82) is 0 Å². The predicted octanol–water partition coefficient (Wildman–Crippen LogP) is 0.861. The lowest BCUT2D eigenvalue weighted by atomic mass is 10.4. The molecule has 56 valence electrons. The molecule has 0 aromatic rings. The summed E-state index contributed by atoms with van der Waals surface area (Å²) in [5, 5.41) is 0. The second kappa shape index (κ2) is 4.35. The first-order valence-corrected chi connectivity index (χ1v) is 3.83. The van der Waals surface area contributed by atoms with Crippen LogP contribution in [0.1, 0.15) is 6.92 Å². The molecule has 0 aliphatic heterocycles. The van der Waals surface area contributed by atoms with Gasteiger partial charge in [0, 0.05) is 7.05 Å². The summed E-state index contributed by atoms with van der Waals surface area (Å²) < 4.78 is 0. The van der Waals surface area contributed by atoms with Gasteiger partial charge in [0.2, 0.25) is 5.91 Å². The summed E-state index contributed by atoms with van der Waals surface area (Å²) in [4.78, 5) is 12.4. The summed E-state index contributed by atoms with van der Waals surface area (Å²) in [6.45, 7) is 2.14. The lowest BCUT2D eigenvalue weighted by molar-refractivity contribution is -0.128. The highest BCUT2D eigenvalue weighted by atomic mass is 79.9. The molecule has 0 heterocycles. The number of rotatable bonds is 2. The molecule has 2 nitrogen and oxygen atoms in total. The molecule has 1 unspecified atom stereocenters. The van der Waals surface area contributed by atoms with E-state index in [4.69, 9.17) is 6.42 Å². The second-order valence-electron chi connectivity index (χ2n) is 2.01. The molecule has 3 heteroatoms. The van der Waals surface area contributed by atoms with Crippen LogP contribution in [-0.2, 0) is 4.79 Å².